The van der Waals surface area contributed by atoms with Crippen LogP contribution in [-0.2, 0) is 30.2 Å². The molecule has 0 radical (unpaired) electrons. The normalized spacial score (nSPS) is 33.3. The first kappa shape index (κ1) is 19.3. The van der Waals surface area contributed by atoms with Gasteiger partial charge in [-0.3, -0.25) is 4.79 Å². The minimum atomic E-state index is -0.956. The van der Waals surface area contributed by atoms with Crippen LogP contribution in [0, 0.1) is 0 Å². The lowest BCUT2D eigenvalue weighted by Gasteiger charge is -2.49. The van der Waals surface area contributed by atoms with E-state index in [0.29, 0.717) is 19.6 Å². The summed E-state index contributed by atoms with van der Waals surface area (Å²) in [6.45, 7) is 5.66. The molecule has 2 aliphatic rings. The van der Waals surface area contributed by atoms with Gasteiger partial charge in [0.2, 0.25) is 5.91 Å². The maximum absolute atomic E-state index is 11.6. The van der Waals surface area contributed by atoms with Gasteiger partial charge in [-0.1, -0.05) is 30.3 Å². The molecule has 0 aliphatic carbocycles. The summed E-state index contributed by atoms with van der Waals surface area (Å²) < 4.78 is 23.3. The average molecular weight is 365 g/mol. The van der Waals surface area contributed by atoms with Crippen molar-refractivity contribution in [2.24, 2.45) is 0 Å². The second-order valence-electron chi connectivity index (χ2n) is 7.16. The molecule has 2 heterocycles. The van der Waals surface area contributed by atoms with Crippen molar-refractivity contribution < 1.29 is 28.8 Å². The number of ether oxygens (including phenoxy) is 4. The van der Waals surface area contributed by atoms with E-state index in [0.717, 1.165) is 5.56 Å². The number of carbonyl (C=O) groups is 1. The number of hydrogen-bond acceptors (Lipinski definition) is 6. The summed E-state index contributed by atoms with van der Waals surface area (Å²) in [6, 6.07) is 9.23. The third kappa shape index (κ3) is 4.61. The molecule has 7 heteroatoms. The van der Waals surface area contributed by atoms with E-state index in [4.69, 9.17) is 18.9 Å². The summed E-state index contributed by atoms with van der Waals surface area (Å²) in [5, 5.41) is 13.5. The zero-order chi connectivity index (χ0) is 18.7. The van der Waals surface area contributed by atoms with E-state index in [9.17, 15) is 9.90 Å². The number of aliphatic hydroxyl groups is 1. The smallest absolute Gasteiger partial charge is 0.217 e. The molecule has 7 nitrogen and oxygen atoms in total. The molecule has 0 aromatic heterocycles. The van der Waals surface area contributed by atoms with Crippen LogP contribution in [0.1, 0.15) is 26.3 Å². The Bertz CT molecular complexity index is 607. The first-order chi connectivity index (χ1) is 12.4. The quantitative estimate of drug-likeness (QED) is 0.809. The molecule has 1 aromatic carbocycles. The lowest BCUT2D eigenvalue weighted by Crippen LogP contribution is -2.68. The minimum absolute atomic E-state index is 0.265. The third-order valence-electron chi connectivity index (χ3n) is 4.57. The van der Waals surface area contributed by atoms with E-state index in [1.807, 2.05) is 30.3 Å². The van der Waals surface area contributed by atoms with Crippen molar-refractivity contribution in [1.29, 1.82) is 0 Å². The van der Waals surface area contributed by atoms with Crippen LogP contribution in [0.2, 0.25) is 0 Å². The summed E-state index contributed by atoms with van der Waals surface area (Å²) in [6.07, 6.45) is -2.07. The van der Waals surface area contributed by atoms with E-state index in [1.165, 1.54) is 6.92 Å². The second-order valence-corrected chi connectivity index (χ2v) is 7.16. The Hall–Kier alpha value is -1.51. The lowest BCUT2D eigenvalue weighted by atomic mass is 9.95. The Kier molecular flexibility index (Phi) is 5.94. The number of fused-ring (bicyclic) bond motifs is 1. The molecule has 1 aromatic rings. The summed E-state index contributed by atoms with van der Waals surface area (Å²) in [5.74, 6) is -1.08. The molecule has 0 bridgehead atoms. The molecule has 2 aliphatic heterocycles. The van der Waals surface area contributed by atoms with Crippen molar-refractivity contribution in [3.8, 4) is 0 Å². The molecule has 3 rings (SSSR count). The van der Waals surface area contributed by atoms with Gasteiger partial charge in [0.05, 0.1) is 13.2 Å². The number of benzene rings is 1. The number of hydrogen-bond donors (Lipinski definition) is 2. The highest BCUT2D eigenvalue weighted by molar-refractivity contribution is 5.73. The standard InChI is InChI=1S/C19H27NO6/c1-12(21)20-15-16(22)17-14(11-24-19(2,3)26-17)25-18(15)23-10-9-13-7-5-4-6-8-13/h4-8,14-18,22H,9-11H2,1-3H3,(H,20,21)/t14-,15+,16+,17+,18+/m1/s1. The van der Waals surface area contributed by atoms with Gasteiger partial charge in [-0.2, -0.15) is 0 Å². The Morgan fingerprint density at radius 3 is 2.77 bits per heavy atom. The molecule has 144 valence electrons. The van der Waals surface area contributed by atoms with E-state index < -0.39 is 36.4 Å². The first-order valence-electron chi connectivity index (χ1n) is 8.94. The summed E-state index contributed by atoms with van der Waals surface area (Å²) >= 11 is 0. The van der Waals surface area contributed by atoms with Gasteiger partial charge in [-0.25, -0.2) is 0 Å². The van der Waals surface area contributed by atoms with Gasteiger partial charge in [0.15, 0.2) is 12.1 Å². The molecule has 0 unspecified atom stereocenters. The first-order valence-corrected chi connectivity index (χ1v) is 8.94. The maximum Gasteiger partial charge on any atom is 0.217 e. The van der Waals surface area contributed by atoms with Gasteiger partial charge >= 0.3 is 0 Å². The predicted molar refractivity (Wildman–Crippen MR) is 93.3 cm³/mol. The Morgan fingerprint density at radius 1 is 1.35 bits per heavy atom. The van der Waals surface area contributed by atoms with Crippen molar-refractivity contribution in [2.75, 3.05) is 13.2 Å². The van der Waals surface area contributed by atoms with Gasteiger partial charge < -0.3 is 29.4 Å². The van der Waals surface area contributed by atoms with Crippen molar-refractivity contribution in [1.82, 2.24) is 5.32 Å². The maximum atomic E-state index is 11.6. The van der Waals surface area contributed by atoms with E-state index >= 15 is 0 Å². The fourth-order valence-corrected chi connectivity index (χ4v) is 3.31. The van der Waals surface area contributed by atoms with E-state index in [2.05, 4.69) is 5.32 Å². The molecule has 0 spiro atoms. The van der Waals surface area contributed by atoms with Crippen molar-refractivity contribution in [3.63, 3.8) is 0 Å². The zero-order valence-corrected chi connectivity index (χ0v) is 15.4. The van der Waals surface area contributed by atoms with Crippen LogP contribution in [0.3, 0.4) is 0 Å². The number of nitrogens with one attached hydrogen (secondary N) is 1. The van der Waals surface area contributed by atoms with Crippen molar-refractivity contribution in [3.05, 3.63) is 35.9 Å². The third-order valence-corrected chi connectivity index (χ3v) is 4.57. The molecule has 2 N–H and O–H groups in total. The monoisotopic (exact) mass is 365 g/mol. The van der Waals surface area contributed by atoms with Crippen LogP contribution in [0.25, 0.3) is 0 Å². The Morgan fingerprint density at radius 2 is 2.08 bits per heavy atom. The van der Waals surface area contributed by atoms with Crippen LogP contribution in [-0.4, -0.2) is 60.7 Å². The largest absolute Gasteiger partial charge is 0.388 e. The average Bonchev–Trinajstić information content (AvgIpc) is 2.59. The Balaban J connectivity index is 1.66. The molecular weight excluding hydrogens is 338 g/mol. The van der Waals surface area contributed by atoms with E-state index in [-0.39, 0.29) is 5.91 Å². The van der Waals surface area contributed by atoms with Gasteiger partial charge in [0.25, 0.3) is 0 Å². The summed E-state index contributed by atoms with van der Waals surface area (Å²) in [4.78, 5) is 11.6. The van der Waals surface area contributed by atoms with Crippen LogP contribution < -0.4 is 5.32 Å². The Labute approximate surface area is 153 Å². The number of amides is 1. The number of rotatable bonds is 5. The summed E-state index contributed by atoms with van der Waals surface area (Å²) in [5.41, 5.74) is 1.14. The minimum Gasteiger partial charge on any atom is -0.388 e. The van der Waals surface area contributed by atoms with Crippen LogP contribution >= 0.6 is 0 Å². The topological polar surface area (TPSA) is 86.3 Å². The highest BCUT2D eigenvalue weighted by Gasteiger charge is 2.51. The SMILES string of the molecule is CC(=O)N[C@@H]1[C@@H](OCCc2ccccc2)O[C@@H]2COC(C)(C)O[C@@H]2[C@H]1O. The molecular formula is C19H27NO6. The molecule has 5 atom stereocenters. The lowest BCUT2D eigenvalue weighted by molar-refractivity contribution is -0.368. The van der Waals surface area contributed by atoms with Gasteiger partial charge in [-0.15, -0.1) is 0 Å². The molecule has 2 fully saturated rings. The second kappa shape index (κ2) is 8.02. The predicted octanol–water partition coefficient (Wildman–Crippen LogP) is 0.988. The highest BCUT2D eigenvalue weighted by Crippen LogP contribution is 2.32. The number of aliphatic hydroxyl groups excluding tert-OH is 1. The van der Waals surface area contributed by atoms with E-state index in [1.54, 1.807) is 13.8 Å². The molecule has 1 amide bonds. The van der Waals surface area contributed by atoms with Gasteiger partial charge in [-0.05, 0) is 25.8 Å². The van der Waals surface area contributed by atoms with Crippen LogP contribution in [0.5, 0.6) is 0 Å². The summed E-state index contributed by atoms with van der Waals surface area (Å²) in [7, 11) is 0. The van der Waals surface area contributed by atoms with Crippen LogP contribution in [0.4, 0.5) is 0 Å². The van der Waals surface area contributed by atoms with Crippen LogP contribution in [0.15, 0.2) is 30.3 Å². The molecule has 0 saturated carbocycles. The zero-order valence-electron chi connectivity index (χ0n) is 15.4. The molecule has 26 heavy (non-hydrogen) atoms. The highest BCUT2D eigenvalue weighted by atomic mass is 16.8. The van der Waals surface area contributed by atoms with Crippen molar-refractivity contribution >= 4 is 5.91 Å². The van der Waals surface area contributed by atoms with Crippen molar-refractivity contribution in [2.45, 2.75) is 63.6 Å². The number of carbonyl (C=O) groups excluding carboxylic acids is 1. The fraction of sp³-hybridized carbons (Fsp3) is 0.632. The molecule has 2 saturated heterocycles. The van der Waals surface area contributed by atoms with Gasteiger partial charge in [0.1, 0.15) is 24.4 Å². The fourth-order valence-electron chi connectivity index (χ4n) is 3.31. The van der Waals surface area contributed by atoms with Gasteiger partial charge in [0, 0.05) is 6.92 Å².